The smallest absolute Gasteiger partial charge is 0.406 e. The molecule has 1 heterocycles. The molecule has 0 spiro atoms. The number of rotatable bonds is 5. The molecule has 1 saturated heterocycles. The Bertz CT molecular complexity index is 647. The molecule has 0 unspecified atom stereocenters. The second-order valence-corrected chi connectivity index (χ2v) is 5.89. The van der Waals surface area contributed by atoms with E-state index in [4.69, 9.17) is 0 Å². The Morgan fingerprint density at radius 2 is 2.04 bits per heavy atom. The third kappa shape index (κ3) is 5.44. The molecule has 1 fully saturated rings. The molecule has 0 bridgehead atoms. The molecular weight excluding hydrogens is 347 g/mol. The van der Waals surface area contributed by atoms with Crippen LogP contribution >= 0.6 is 11.8 Å². The number of anilines is 1. The average molecular weight is 361 g/mol. The highest BCUT2D eigenvalue weighted by molar-refractivity contribution is 8.15. The molecule has 2 N–H and O–H groups in total. The number of thioether (sulfide) groups is 1. The Morgan fingerprint density at radius 1 is 1.38 bits per heavy atom. The monoisotopic (exact) mass is 361 g/mol. The summed E-state index contributed by atoms with van der Waals surface area (Å²) in [7, 11) is 0. The minimum absolute atomic E-state index is 0.0694. The van der Waals surface area contributed by atoms with Gasteiger partial charge >= 0.3 is 6.36 Å². The van der Waals surface area contributed by atoms with Crippen LogP contribution < -0.4 is 15.4 Å². The molecule has 6 nitrogen and oxygen atoms in total. The van der Waals surface area contributed by atoms with Crippen LogP contribution in [0.1, 0.15) is 13.3 Å². The van der Waals surface area contributed by atoms with E-state index in [1.807, 2.05) is 6.92 Å². The highest BCUT2D eigenvalue weighted by atomic mass is 32.2. The first-order valence-electron chi connectivity index (χ1n) is 6.94. The fraction of sp³-hybridized carbons (Fsp3) is 0.357. The number of aliphatic imine (C=N–C) groups is 1. The van der Waals surface area contributed by atoms with Gasteiger partial charge in [-0.25, -0.2) is 0 Å². The first-order chi connectivity index (χ1) is 11.3. The van der Waals surface area contributed by atoms with E-state index < -0.39 is 17.5 Å². The number of amides is 2. The Morgan fingerprint density at radius 3 is 2.62 bits per heavy atom. The van der Waals surface area contributed by atoms with E-state index in [9.17, 15) is 22.8 Å². The molecule has 0 aromatic heterocycles. The molecule has 1 aliphatic heterocycles. The molecule has 1 aliphatic rings. The van der Waals surface area contributed by atoms with E-state index in [0.717, 1.165) is 12.1 Å². The number of alkyl halides is 3. The number of hydrogen-bond donors (Lipinski definition) is 2. The largest absolute Gasteiger partial charge is 0.573 e. The summed E-state index contributed by atoms with van der Waals surface area (Å²) in [6.07, 6.45) is -4.84. The molecular formula is C14H14F3N3O3S. The predicted molar refractivity (Wildman–Crippen MR) is 83.9 cm³/mol. The number of amidine groups is 1. The molecule has 130 valence electrons. The van der Waals surface area contributed by atoms with Crippen molar-refractivity contribution in [1.82, 2.24) is 5.32 Å². The molecule has 24 heavy (non-hydrogen) atoms. The van der Waals surface area contributed by atoms with Crippen molar-refractivity contribution in [3.05, 3.63) is 24.3 Å². The summed E-state index contributed by atoms with van der Waals surface area (Å²) in [5.41, 5.74) is 0.306. The van der Waals surface area contributed by atoms with Gasteiger partial charge in [-0.15, -0.1) is 13.2 Å². The van der Waals surface area contributed by atoms with Gasteiger partial charge in [-0.05, 0) is 31.2 Å². The number of halogens is 3. The molecule has 2 rings (SSSR count). The van der Waals surface area contributed by atoms with Gasteiger partial charge in [0.05, 0.1) is 0 Å². The fourth-order valence-electron chi connectivity index (χ4n) is 1.88. The van der Waals surface area contributed by atoms with Gasteiger partial charge in [0.2, 0.25) is 11.8 Å². The van der Waals surface area contributed by atoms with Crippen LogP contribution in [0.3, 0.4) is 0 Å². The Kier molecular flexibility index (Phi) is 5.71. The zero-order chi connectivity index (χ0) is 17.7. The number of nitrogens with zero attached hydrogens (tertiary/aromatic N) is 1. The lowest BCUT2D eigenvalue weighted by atomic mass is 10.2. The molecule has 2 amide bonds. The minimum atomic E-state index is -4.77. The van der Waals surface area contributed by atoms with E-state index >= 15 is 0 Å². The van der Waals surface area contributed by atoms with E-state index in [1.165, 1.54) is 23.9 Å². The summed E-state index contributed by atoms with van der Waals surface area (Å²) in [6.45, 7) is 2.35. The van der Waals surface area contributed by atoms with Gasteiger partial charge in [0.1, 0.15) is 11.0 Å². The van der Waals surface area contributed by atoms with Crippen LogP contribution in [-0.2, 0) is 9.59 Å². The van der Waals surface area contributed by atoms with Crippen LogP contribution in [0.15, 0.2) is 29.3 Å². The summed E-state index contributed by atoms with van der Waals surface area (Å²) < 4.78 is 39.9. The van der Waals surface area contributed by atoms with Crippen LogP contribution in [-0.4, -0.2) is 35.1 Å². The Labute approximate surface area is 139 Å². The molecule has 10 heteroatoms. The van der Waals surface area contributed by atoms with Crippen molar-refractivity contribution in [2.45, 2.75) is 25.0 Å². The lowest BCUT2D eigenvalue weighted by Gasteiger charge is -2.10. The van der Waals surface area contributed by atoms with Gasteiger partial charge in [0.25, 0.3) is 0 Å². The first kappa shape index (κ1) is 18.1. The number of hydrogen-bond acceptors (Lipinski definition) is 5. The maximum atomic E-state index is 12.1. The third-order valence-electron chi connectivity index (χ3n) is 2.82. The molecule has 0 aliphatic carbocycles. The molecule has 0 saturated carbocycles. The van der Waals surface area contributed by atoms with Crippen LogP contribution in [0.5, 0.6) is 5.75 Å². The first-order valence-corrected chi connectivity index (χ1v) is 7.82. The van der Waals surface area contributed by atoms with Crippen LogP contribution in [0.25, 0.3) is 0 Å². The number of nitrogens with one attached hydrogen (secondary N) is 2. The highest BCUT2D eigenvalue weighted by Gasteiger charge is 2.32. The minimum Gasteiger partial charge on any atom is -0.406 e. The van der Waals surface area contributed by atoms with Crippen molar-refractivity contribution < 1.29 is 27.5 Å². The van der Waals surface area contributed by atoms with E-state index in [-0.39, 0.29) is 18.1 Å². The lowest BCUT2D eigenvalue weighted by Crippen LogP contribution is -2.28. The summed E-state index contributed by atoms with van der Waals surface area (Å²) >= 11 is 1.17. The number of benzene rings is 1. The van der Waals surface area contributed by atoms with Gasteiger partial charge in [-0.2, -0.15) is 0 Å². The average Bonchev–Trinajstić information content (AvgIpc) is 2.80. The summed E-state index contributed by atoms with van der Waals surface area (Å²) in [5, 5.41) is 4.99. The number of ether oxygens (including phenoxy) is 1. The molecule has 1 aromatic carbocycles. The molecule has 0 radical (unpaired) electrons. The predicted octanol–water partition coefficient (Wildman–Crippen LogP) is 2.52. The number of carbonyl (C=O) groups excluding carboxylic acids is 2. The van der Waals surface area contributed by atoms with Crippen molar-refractivity contribution in [3.8, 4) is 5.75 Å². The SMILES string of the molecule is CCN=C1NC(=O)[C@@H](CC(=O)Nc2ccc(OC(F)(F)F)cc2)S1. The zero-order valence-corrected chi connectivity index (χ0v) is 13.3. The quantitative estimate of drug-likeness (QED) is 0.845. The standard InChI is InChI=1S/C14H14F3N3O3S/c1-2-18-13-20-12(22)10(24-13)7-11(21)19-8-3-5-9(6-4-8)23-14(15,16)17/h3-6,10H,2,7H2,1H3,(H,19,21)(H,18,20,22)/t10-/m1/s1. The van der Waals surface area contributed by atoms with E-state index in [2.05, 4.69) is 20.4 Å². The van der Waals surface area contributed by atoms with Crippen LogP contribution in [0, 0.1) is 0 Å². The topological polar surface area (TPSA) is 79.8 Å². The lowest BCUT2D eigenvalue weighted by molar-refractivity contribution is -0.274. The maximum Gasteiger partial charge on any atom is 0.573 e. The summed E-state index contributed by atoms with van der Waals surface area (Å²) in [5.74, 6) is -1.10. The van der Waals surface area contributed by atoms with Crippen molar-refractivity contribution in [2.24, 2.45) is 4.99 Å². The van der Waals surface area contributed by atoms with E-state index in [0.29, 0.717) is 17.4 Å². The van der Waals surface area contributed by atoms with Crippen molar-refractivity contribution in [2.75, 3.05) is 11.9 Å². The fourth-order valence-corrected chi connectivity index (χ4v) is 2.91. The normalized spacial score (nSPS) is 19.2. The van der Waals surface area contributed by atoms with Gasteiger partial charge in [-0.3, -0.25) is 14.6 Å². The van der Waals surface area contributed by atoms with E-state index in [1.54, 1.807) is 0 Å². The van der Waals surface area contributed by atoms with Gasteiger partial charge < -0.3 is 15.4 Å². The van der Waals surface area contributed by atoms with Crippen LogP contribution in [0.2, 0.25) is 0 Å². The van der Waals surface area contributed by atoms with Gasteiger partial charge in [0.15, 0.2) is 5.17 Å². The Hall–Kier alpha value is -2.23. The number of carbonyl (C=O) groups is 2. The Balaban J connectivity index is 1.89. The third-order valence-corrected chi connectivity index (χ3v) is 3.94. The maximum absolute atomic E-state index is 12.1. The van der Waals surface area contributed by atoms with Crippen molar-refractivity contribution in [3.63, 3.8) is 0 Å². The second-order valence-electron chi connectivity index (χ2n) is 4.70. The van der Waals surface area contributed by atoms with Crippen molar-refractivity contribution >= 4 is 34.4 Å². The summed E-state index contributed by atoms with van der Waals surface area (Å²) in [4.78, 5) is 27.7. The summed E-state index contributed by atoms with van der Waals surface area (Å²) in [6, 6.07) is 4.74. The molecule has 1 atom stereocenters. The van der Waals surface area contributed by atoms with Crippen LogP contribution in [0.4, 0.5) is 18.9 Å². The van der Waals surface area contributed by atoms with Gasteiger partial charge in [0, 0.05) is 18.7 Å². The molecule has 1 aromatic rings. The second kappa shape index (κ2) is 7.56. The van der Waals surface area contributed by atoms with Crippen molar-refractivity contribution in [1.29, 1.82) is 0 Å². The highest BCUT2D eigenvalue weighted by Crippen LogP contribution is 2.25. The zero-order valence-electron chi connectivity index (χ0n) is 12.5. The van der Waals surface area contributed by atoms with Gasteiger partial charge in [-0.1, -0.05) is 11.8 Å².